The van der Waals surface area contributed by atoms with E-state index in [0.29, 0.717) is 41.5 Å². The molecule has 0 aliphatic heterocycles. The Hall–Kier alpha value is -3.21. The molecule has 4 rings (SSSR count). The van der Waals surface area contributed by atoms with Crippen molar-refractivity contribution in [2.24, 2.45) is 0 Å². The fourth-order valence-corrected chi connectivity index (χ4v) is 5.70. The van der Waals surface area contributed by atoms with Crippen molar-refractivity contribution in [3.8, 4) is 0 Å². The lowest BCUT2D eigenvalue weighted by atomic mass is 10.2. The first-order valence-electron chi connectivity index (χ1n) is 11.6. The first-order chi connectivity index (χ1) is 17.5. The summed E-state index contributed by atoms with van der Waals surface area (Å²) >= 11 is 2.64. The van der Waals surface area contributed by atoms with Crippen LogP contribution in [0.4, 0.5) is 5.69 Å². The molecule has 36 heavy (non-hydrogen) atoms. The van der Waals surface area contributed by atoms with Crippen molar-refractivity contribution >= 4 is 60.9 Å². The van der Waals surface area contributed by atoms with Gasteiger partial charge in [0.1, 0.15) is 4.70 Å². The highest BCUT2D eigenvalue weighted by Gasteiger charge is 2.17. The molecule has 0 saturated heterocycles. The highest BCUT2D eigenvalue weighted by Crippen LogP contribution is 2.32. The average Bonchev–Trinajstić information content (AvgIpc) is 3.23. The predicted molar refractivity (Wildman–Crippen MR) is 146 cm³/mol. The van der Waals surface area contributed by atoms with Gasteiger partial charge in [-0.1, -0.05) is 42.1 Å². The summed E-state index contributed by atoms with van der Waals surface area (Å²) in [6, 6.07) is 15.4. The van der Waals surface area contributed by atoms with Crippen molar-refractivity contribution in [3.05, 3.63) is 64.4 Å². The van der Waals surface area contributed by atoms with E-state index in [2.05, 4.69) is 10.6 Å². The third-order valence-corrected chi connectivity index (χ3v) is 7.62. The smallest absolute Gasteiger partial charge is 0.272 e. The van der Waals surface area contributed by atoms with E-state index in [9.17, 15) is 14.4 Å². The van der Waals surface area contributed by atoms with Gasteiger partial charge in [0.2, 0.25) is 11.8 Å². The molecular formula is C26H28N4O4S2. The molecule has 188 valence electrons. The largest absolute Gasteiger partial charge is 0.383 e. The minimum Gasteiger partial charge on any atom is -0.383 e. The molecule has 0 radical (unpaired) electrons. The minimum atomic E-state index is -0.181. The quantitative estimate of drug-likeness (QED) is 0.173. The molecule has 2 N–H and O–H groups in total. The number of aromatic nitrogens is 2. The van der Waals surface area contributed by atoms with Crippen LogP contribution in [0.1, 0.15) is 18.4 Å². The molecule has 4 aromatic rings. The molecule has 0 aliphatic carbocycles. The molecule has 8 nitrogen and oxygen atoms in total. The number of amides is 2. The third-order valence-electron chi connectivity index (χ3n) is 5.50. The maximum absolute atomic E-state index is 13.5. The Balaban J connectivity index is 1.55. The Morgan fingerprint density at radius 1 is 1.14 bits per heavy atom. The van der Waals surface area contributed by atoms with E-state index in [4.69, 9.17) is 9.72 Å². The number of hydrogen-bond acceptors (Lipinski definition) is 7. The molecule has 0 unspecified atom stereocenters. The predicted octanol–water partition coefficient (Wildman–Crippen LogP) is 4.19. The van der Waals surface area contributed by atoms with Gasteiger partial charge in [-0.3, -0.25) is 19.0 Å². The van der Waals surface area contributed by atoms with Gasteiger partial charge in [-0.2, -0.15) is 0 Å². The Bertz CT molecular complexity index is 1450. The average molecular weight is 525 g/mol. The minimum absolute atomic E-state index is 0.0947. The van der Waals surface area contributed by atoms with Crippen LogP contribution in [0.3, 0.4) is 0 Å². The maximum atomic E-state index is 13.5. The van der Waals surface area contributed by atoms with Crippen molar-refractivity contribution in [1.29, 1.82) is 0 Å². The van der Waals surface area contributed by atoms with E-state index < -0.39 is 0 Å². The van der Waals surface area contributed by atoms with Gasteiger partial charge in [0.25, 0.3) is 5.56 Å². The fraction of sp³-hybridized carbons (Fsp3) is 0.308. The van der Waals surface area contributed by atoms with Crippen LogP contribution in [-0.2, 0) is 20.9 Å². The van der Waals surface area contributed by atoms with Gasteiger partial charge in [0.15, 0.2) is 5.16 Å². The molecule has 2 aromatic carbocycles. The lowest BCUT2D eigenvalue weighted by molar-refractivity contribution is -0.121. The zero-order valence-electron chi connectivity index (χ0n) is 20.2. The van der Waals surface area contributed by atoms with E-state index in [1.807, 2.05) is 55.5 Å². The van der Waals surface area contributed by atoms with Crippen LogP contribution in [0.15, 0.2) is 58.5 Å². The molecule has 2 heterocycles. The molecule has 0 atom stereocenters. The molecule has 2 amide bonds. The van der Waals surface area contributed by atoms with Gasteiger partial charge in [0.05, 0.1) is 17.9 Å². The molecule has 0 spiro atoms. The van der Waals surface area contributed by atoms with Gasteiger partial charge >= 0.3 is 0 Å². The van der Waals surface area contributed by atoms with Crippen LogP contribution in [0, 0.1) is 6.92 Å². The van der Waals surface area contributed by atoms with Crippen molar-refractivity contribution < 1.29 is 14.3 Å². The normalized spacial score (nSPS) is 11.2. The van der Waals surface area contributed by atoms with Gasteiger partial charge in [-0.05, 0) is 37.1 Å². The summed E-state index contributed by atoms with van der Waals surface area (Å²) in [4.78, 5) is 43.0. The number of rotatable bonds is 11. The highest BCUT2D eigenvalue weighted by atomic mass is 32.2. The highest BCUT2D eigenvalue weighted by molar-refractivity contribution is 7.99. The third kappa shape index (κ3) is 6.31. The summed E-state index contributed by atoms with van der Waals surface area (Å²) in [7, 11) is 1.58. The first kappa shape index (κ1) is 25.9. The van der Waals surface area contributed by atoms with E-state index in [-0.39, 0.29) is 29.5 Å². The summed E-state index contributed by atoms with van der Waals surface area (Å²) in [5.74, 6) is -0.173. The topological polar surface area (TPSA) is 102 Å². The Kier molecular flexibility index (Phi) is 8.74. The molecule has 0 bridgehead atoms. The number of anilines is 1. The summed E-state index contributed by atoms with van der Waals surface area (Å²) in [6.45, 7) is 3.19. The summed E-state index contributed by atoms with van der Waals surface area (Å²) < 4.78 is 8.10. The van der Waals surface area contributed by atoms with Crippen LogP contribution in [0.25, 0.3) is 20.3 Å². The number of thioether (sulfide) groups is 1. The standard InChI is InChI=1S/C26H28N4O4S2/c1-17-7-5-8-18(15-17)28-22(32)16-35-26-29-23-19-9-3-4-10-20(19)36-24(23)25(33)30(26)13-6-11-21(31)27-12-14-34-2/h3-5,7-10,15H,6,11-14,16H2,1-2H3,(H,27,31)(H,28,32). The molecule has 0 aliphatic rings. The zero-order chi connectivity index (χ0) is 25.5. The summed E-state index contributed by atoms with van der Waals surface area (Å²) in [5.41, 5.74) is 2.28. The number of nitrogens with zero attached hydrogens (tertiary/aromatic N) is 2. The summed E-state index contributed by atoms with van der Waals surface area (Å²) in [6.07, 6.45) is 0.748. The number of methoxy groups -OCH3 is 1. The number of fused-ring (bicyclic) bond motifs is 3. The van der Waals surface area contributed by atoms with Gasteiger partial charge < -0.3 is 15.4 Å². The summed E-state index contributed by atoms with van der Waals surface area (Å²) in [5, 5.41) is 7.08. The fourth-order valence-electron chi connectivity index (χ4n) is 3.79. The second kappa shape index (κ2) is 12.2. The molecule has 10 heteroatoms. The number of aryl methyl sites for hydroxylation is 1. The molecule has 0 saturated carbocycles. The SMILES string of the molecule is COCCNC(=O)CCCn1c(SCC(=O)Nc2cccc(C)c2)nc2c(sc3ccccc32)c1=O. The number of thiophene rings is 1. The number of hydrogen-bond donors (Lipinski definition) is 2. The number of carbonyl (C=O) groups excluding carboxylic acids is 2. The van der Waals surface area contributed by atoms with Gasteiger partial charge in [-0.15, -0.1) is 11.3 Å². The Morgan fingerprint density at radius 2 is 1.97 bits per heavy atom. The molecular weight excluding hydrogens is 496 g/mol. The van der Waals surface area contributed by atoms with Crippen LogP contribution in [0.5, 0.6) is 0 Å². The lowest BCUT2D eigenvalue weighted by Gasteiger charge is -2.12. The number of ether oxygens (including phenoxy) is 1. The van der Waals surface area contributed by atoms with Crippen LogP contribution in [-0.4, -0.2) is 47.4 Å². The number of nitrogens with one attached hydrogen (secondary N) is 2. The van der Waals surface area contributed by atoms with E-state index in [1.165, 1.54) is 23.1 Å². The van der Waals surface area contributed by atoms with Crippen molar-refractivity contribution in [1.82, 2.24) is 14.9 Å². The van der Waals surface area contributed by atoms with E-state index in [1.54, 1.807) is 11.7 Å². The Labute approximate surface area is 217 Å². The van der Waals surface area contributed by atoms with Gasteiger partial charge in [0, 0.05) is 42.4 Å². The number of carbonyl (C=O) groups is 2. The van der Waals surface area contributed by atoms with E-state index >= 15 is 0 Å². The second-order valence-corrected chi connectivity index (χ2v) is 10.3. The zero-order valence-corrected chi connectivity index (χ0v) is 21.8. The second-order valence-electron chi connectivity index (χ2n) is 8.28. The molecule has 0 fully saturated rings. The van der Waals surface area contributed by atoms with E-state index in [0.717, 1.165) is 21.3 Å². The van der Waals surface area contributed by atoms with Crippen molar-refractivity contribution in [2.75, 3.05) is 31.3 Å². The van der Waals surface area contributed by atoms with Gasteiger partial charge in [-0.25, -0.2) is 4.98 Å². The monoisotopic (exact) mass is 524 g/mol. The van der Waals surface area contributed by atoms with Crippen molar-refractivity contribution in [2.45, 2.75) is 31.5 Å². The number of benzene rings is 2. The van der Waals surface area contributed by atoms with Crippen LogP contribution >= 0.6 is 23.1 Å². The van der Waals surface area contributed by atoms with Crippen LogP contribution in [0.2, 0.25) is 0 Å². The van der Waals surface area contributed by atoms with Crippen LogP contribution < -0.4 is 16.2 Å². The lowest BCUT2D eigenvalue weighted by Crippen LogP contribution is -2.28. The maximum Gasteiger partial charge on any atom is 0.272 e. The Morgan fingerprint density at radius 3 is 2.78 bits per heavy atom. The molecule has 2 aromatic heterocycles. The van der Waals surface area contributed by atoms with Crippen molar-refractivity contribution in [3.63, 3.8) is 0 Å². The first-order valence-corrected chi connectivity index (χ1v) is 13.4.